The van der Waals surface area contributed by atoms with Crippen molar-refractivity contribution < 1.29 is 4.79 Å². The summed E-state index contributed by atoms with van der Waals surface area (Å²) in [5.41, 5.74) is 2.85. The molecule has 1 aromatic heterocycles. The Kier molecular flexibility index (Phi) is 5.48. The van der Waals surface area contributed by atoms with Crippen molar-refractivity contribution >= 4 is 17.5 Å². The SMILES string of the molecule is Cc1ccc(N2CCC(CNC(=O)Nc3ccccc3C)CC2)nn1. The molecule has 6 nitrogen and oxygen atoms in total. The van der Waals surface area contributed by atoms with E-state index in [-0.39, 0.29) is 6.03 Å². The largest absolute Gasteiger partial charge is 0.355 e. The predicted molar refractivity (Wildman–Crippen MR) is 99.9 cm³/mol. The maximum atomic E-state index is 12.1. The van der Waals surface area contributed by atoms with Crippen molar-refractivity contribution in [1.82, 2.24) is 15.5 Å². The Morgan fingerprint density at radius 2 is 1.88 bits per heavy atom. The van der Waals surface area contributed by atoms with Gasteiger partial charge in [0.05, 0.1) is 5.69 Å². The number of urea groups is 1. The fourth-order valence-corrected chi connectivity index (χ4v) is 3.04. The van der Waals surface area contributed by atoms with Crippen molar-refractivity contribution in [2.24, 2.45) is 5.92 Å². The lowest BCUT2D eigenvalue weighted by molar-refractivity contribution is 0.248. The van der Waals surface area contributed by atoms with Gasteiger partial charge in [0.25, 0.3) is 0 Å². The number of anilines is 2. The number of piperidine rings is 1. The van der Waals surface area contributed by atoms with Crippen LogP contribution in [0, 0.1) is 19.8 Å². The summed E-state index contributed by atoms with van der Waals surface area (Å²) in [5, 5.41) is 14.3. The molecule has 1 saturated heterocycles. The number of nitrogens with one attached hydrogen (secondary N) is 2. The van der Waals surface area contributed by atoms with E-state index in [2.05, 4.69) is 25.7 Å². The van der Waals surface area contributed by atoms with E-state index in [0.717, 1.165) is 48.7 Å². The third kappa shape index (κ3) is 4.68. The molecule has 1 aliphatic heterocycles. The molecule has 0 radical (unpaired) electrons. The minimum absolute atomic E-state index is 0.138. The van der Waals surface area contributed by atoms with Gasteiger partial charge in [0.1, 0.15) is 0 Å². The molecular weight excluding hydrogens is 314 g/mol. The third-order valence-corrected chi connectivity index (χ3v) is 4.67. The van der Waals surface area contributed by atoms with Crippen LogP contribution in [0.5, 0.6) is 0 Å². The highest BCUT2D eigenvalue weighted by Gasteiger charge is 2.20. The average molecular weight is 339 g/mol. The molecule has 0 atom stereocenters. The van der Waals surface area contributed by atoms with Crippen LogP contribution in [0.25, 0.3) is 0 Å². The molecule has 132 valence electrons. The molecule has 0 unspecified atom stereocenters. The fraction of sp³-hybridized carbons (Fsp3) is 0.421. The van der Waals surface area contributed by atoms with Gasteiger partial charge in [0.15, 0.2) is 5.82 Å². The standard InChI is InChI=1S/C19H25N5O/c1-14-5-3-4-6-17(14)21-19(25)20-13-16-9-11-24(12-10-16)18-8-7-15(2)22-23-18/h3-8,16H,9-13H2,1-2H3,(H2,20,21,25). The number of aromatic nitrogens is 2. The van der Waals surface area contributed by atoms with Gasteiger partial charge in [-0.1, -0.05) is 18.2 Å². The second-order valence-corrected chi connectivity index (χ2v) is 6.61. The molecule has 1 aromatic carbocycles. The van der Waals surface area contributed by atoms with Gasteiger partial charge in [-0.25, -0.2) is 4.79 Å². The number of carbonyl (C=O) groups excluding carboxylic acids is 1. The topological polar surface area (TPSA) is 70.2 Å². The van der Waals surface area contributed by atoms with E-state index >= 15 is 0 Å². The molecule has 2 amide bonds. The number of hydrogen-bond acceptors (Lipinski definition) is 4. The van der Waals surface area contributed by atoms with Crippen molar-refractivity contribution in [3.63, 3.8) is 0 Å². The predicted octanol–water partition coefficient (Wildman–Crippen LogP) is 3.13. The van der Waals surface area contributed by atoms with Crippen LogP contribution in [0.15, 0.2) is 36.4 Å². The van der Waals surface area contributed by atoms with Crippen LogP contribution in [0.3, 0.4) is 0 Å². The van der Waals surface area contributed by atoms with Gasteiger partial charge in [0.2, 0.25) is 0 Å². The summed E-state index contributed by atoms with van der Waals surface area (Å²) in [5.74, 6) is 1.44. The van der Waals surface area contributed by atoms with Gasteiger partial charge in [-0.05, 0) is 56.4 Å². The maximum Gasteiger partial charge on any atom is 0.319 e. The minimum Gasteiger partial charge on any atom is -0.355 e. The molecule has 2 N–H and O–H groups in total. The monoisotopic (exact) mass is 339 g/mol. The summed E-state index contributed by atoms with van der Waals surface area (Å²) in [4.78, 5) is 14.3. The Balaban J connectivity index is 1.42. The Morgan fingerprint density at radius 1 is 1.12 bits per heavy atom. The molecule has 25 heavy (non-hydrogen) atoms. The molecule has 6 heteroatoms. The van der Waals surface area contributed by atoms with E-state index in [4.69, 9.17) is 0 Å². The first-order chi connectivity index (χ1) is 12.1. The van der Waals surface area contributed by atoms with Crippen LogP contribution in [0.1, 0.15) is 24.1 Å². The van der Waals surface area contributed by atoms with Crippen molar-refractivity contribution in [1.29, 1.82) is 0 Å². The van der Waals surface area contributed by atoms with Crippen molar-refractivity contribution in [3.05, 3.63) is 47.7 Å². The van der Waals surface area contributed by atoms with Gasteiger partial charge in [-0.15, -0.1) is 5.10 Å². The summed E-state index contributed by atoms with van der Waals surface area (Å²) >= 11 is 0. The highest BCUT2D eigenvalue weighted by molar-refractivity contribution is 5.89. The Hall–Kier alpha value is -2.63. The van der Waals surface area contributed by atoms with E-state index in [1.807, 2.05) is 50.2 Å². The summed E-state index contributed by atoms with van der Waals surface area (Å²) in [6.45, 7) is 6.52. The van der Waals surface area contributed by atoms with E-state index in [0.29, 0.717) is 12.5 Å². The minimum atomic E-state index is -0.138. The zero-order valence-electron chi connectivity index (χ0n) is 14.8. The maximum absolute atomic E-state index is 12.1. The van der Waals surface area contributed by atoms with Crippen LogP contribution < -0.4 is 15.5 Å². The van der Waals surface area contributed by atoms with E-state index in [1.54, 1.807) is 0 Å². The van der Waals surface area contributed by atoms with Crippen LogP contribution in [0.2, 0.25) is 0 Å². The number of aryl methyl sites for hydroxylation is 2. The smallest absolute Gasteiger partial charge is 0.319 e. The van der Waals surface area contributed by atoms with Crippen molar-refractivity contribution in [2.45, 2.75) is 26.7 Å². The molecule has 3 rings (SSSR count). The number of nitrogens with zero attached hydrogens (tertiary/aromatic N) is 3. The second-order valence-electron chi connectivity index (χ2n) is 6.61. The van der Waals surface area contributed by atoms with Gasteiger partial charge in [-0.3, -0.25) is 0 Å². The lowest BCUT2D eigenvalue weighted by atomic mass is 9.97. The fourth-order valence-electron chi connectivity index (χ4n) is 3.04. The molecule has 2 aromatic rings. The van der Waals surface area contributed by atoms with E-state index in [1.165, 1.54) is 0 Å². The Bertz CT molecular complexity index is 708. The highest BCUT2D eigenvalue weighted by Crippen LogP contribution is 2.21. The number of rotatable bonds is 4. The average Bonchev–Trinajstić information content (AvgIpc) is 2.63. The van der Waals surface area contributed by atoms with E-state index in [9.17, 15) is 4.79 Å². The first-order valence-electron chi connectivity index (χ1n) is 8.77. The summed E-state index contributed by atoms with van der Waals surface area (Å²) < 4.78 is 0. The lowest BCUT2D eigenvalue weighted by Gasteiger charge is -2.32. The zero-order chi connectivity index (χ0) is 17.6. The number of amides is 2. The molecule has 1 aliphatic rings. The summed E-state index contributed by atoms with van der Waals surface area (Å²) in [6, 6.07) is 11.7. The second kappa shape index (κ2) is 7.96. The first kappa shape index (κ1) is 17.2. The Morgan fingerprint density at radius 3 is 2.56 bits per heavy atom. The zero-order valence-corrected chi connectivity index (χ0v) is 14.8. The molecule has 0 saturated carbocycles. The normalized spacial score (nSPS) is 15.0. The third-order valence-electron chi connectivity index (χ3n) is 4.67. The Labute approximate surface area is 148 Å². The summed E-state index contributed by atoms with van der Waals surface area (Å²) in [6.07, 6.45) is 2.08. The van der Waals surface area contributed by atoms with Crippen molar-refractivity contribution in [3.8, 4) is 0 Å². The van der Waals surface area contributed by atoms with Crippen LogP contribution >= 0.6 is 0 Å². The van der Waals surface area contributed by atoms with Crippen LogP contribution in [0.4, 0.5) is 16.3 Å². The quantitative estimate of drug-likeness (QED) is 0.898. The molecule has 0 spiro atoms. The molecule has 2 heterocycles. The van der Waals surface area contributed by atoms with Crippen LogP contribution in [-0.2, 0) is 0 Å². The van der Waals surface area contributed by atoms with Gasteiger partial charge in [0, 0.05) is 25.3 Å². The summed E-state index contributed by atoms with van der Waals surface area (Å²) in [7, 11) is 0. The van der Waals surface area contributed by atoms with Gasteiger partial charge >= 0.3 is 6.03 Å². The first-order valence-corrected chi connectivity index (χ1v) is 8.77. The molecule has 1 fully saturated rings. The number of carbonyl (C=O) groups is 1. The molecule has 0 aliphatic carbocycles. The van der Waals surface area contributed by atoms with Gasteiger partial charge < -0.3 is 15.5 Å². The molecular formula is C19H25N5O. The van der Waals surface area contributed by atoms with E-state index < -0.39 is 0 Å². The van der Waals surface area contributed by atoms with Gasteiger partial charge in [-0.2, -0.15) is 5.10 Å². The number of benzene rings is 1. The van der Waals surface area contributed by atoms with Crippen molar-refractivity contribution in [2.75, 3.05) is 29.9 Å². The lowest BCUT2D eigenvalue weighted by Crippen LogP contribution is -2.40. The number of hydrogen-bond donors (Lipinski definition) is 2. The number of para-hydroxylation sites is 1. The highest BCUT2D eigenvalue weighted by atomic mass is 16.2. The van der Waals surface area contributed by atoms with Crippen LogP contribution in [-0.4, -0.2) is 35.9 Å². The molecule has 0 bridgehead atoms.